The summed E-state index contributed by atoms with van der Waals surface area (Å²) in [5.41, 5.74) is 0. The molecule has 0 fully saturated rings. The summed E-state index contributed by atoms with van der Waals surface area (Å²) < 4.78 is 8.26. The van der Waals surface area contributed by atoms with Gasteiger partial charge >= 0.3 is 23.2 Å². The molecule has 0 aliphatic carbocycles. The van der Waals surface area contributed by atoms with Gasteiger partial charge in [-0.2, -0.15) is 0 Å². The van der Waals surface area contributed by atoms with Crippen molar-refractivity contribution in [3.63, 3.8) is 0 Å². The van der Waals surface area contributed by atoms with Crippen LogP contribution in [0.1, 0.15) is 0 Å². The molecule has 29 valence electrons. The van der Waals surface area contributed by atoms with E-state index in [-0.39, 0.29) is 40.8 Å². The van der Waals surface area contributed by atoms with Gasteiger partial charge in [0.05, 0.1) is 0 Å². The Labute approximate surface area is 63.4 Å². The summed E-state index contributed by atoms with van der Waals surface area (Å²) in [5, 5.41) is 0. The van der Waals surface area contributed by atoms with Crippen LogP contribution in [0.5, 0.6) is 0 Å². The third kappa shape index (κ3) is 9.18. The van der Waals surface area contributed by atoms with Crippen LogP contribution in [0.25, 0.3) is 0 Å². The summed E-state index contributed by atoms with van der Waals surface area (Å²) in [7, 11) is 0. The summed E-state index contributed by atoms with van der Waals surface area (Å²) in [6.07, 6.45) is 0. The van der Waals surface area contributed by atoms with Crippen molar-refractivity contribution in [1.82, 2.24) is 0 Å². The van der Waals surface area contributed by atoms with Gasteiger partial charge in [-0.3, -0.25) is 0 Å². The van der Waals surface area contributed by atoms with Gasteiger partial charge in [0.2, 0.25) is 0 Å². The fourth-order valence-corrected chi connectivity index (χ4v) is 0. The Hall–Kier alpha value is 1.81. The second-order valence-electron chi connectivity index (χ2n) is 0. The average molecular weight is 405 g/mol. The van der Waals surface area contributed by atoms with Gasteiger partial charge in [0, 0.05) is 40.8 Å². The van der Waals surface area contributed by atoms with Gasteiger partial charge in [0.25, 0.3) is 0 Å². The van der Waals surface area contributed by atoms with E-state index in [0.717, 1.165) is 0 Å². The molecule has 4 heteroatoms. The smallest absolute Gasteiger partial charge is 0 e. The Morgan fingerprint density at radius 3 is 1.25 bits per heavy atom. The van der Waals surface area contributed by atoms with Crippen LogP contribution in [0.4, 0.5) is 0 Å². The molecule has 0 aliphatic heterocycles. The predicted molar refractivity (Wildman–Crippen MR) is 0.686 cm³/mol. The Balaban J connectivity index is -0.00000000500. The van der Waals surface area contributed by atoms with Gasteiger partial charge in [0.1, 0.15) is 0 Å². The first-order valence-electron chi connectivity index (χ1n) is 0.167. The van der Waals surface area contributed by atoms with E-state index in [0.29, 0.717) is 19.8 Å². The van der Waals surface area contributed by atoms with Gasteiger partial charge in [-0.25, -0.2) is 0 Å². The molecule has 0 aromatic heterocycles. The van der Waals surface area contributed by atoms with Crippen LogP contribution in [0.15, 0.2) is 0 Å². The molecule has 0 unspecified atom stereocenters. The van der Waals surface area contributed by atoms with Crippen molar-refractivity contribution in [3.05, 3.63) is 0 Å². The summed E-state index contributed by atoms with van der Waals surface area (Å²) in [5.74, 6) is 0. The van der Waals surface area contributed by atoms with Crippen molar-refractivity contribution in [3.8, 4) is 0 Å². The average Bonchev–Trinajstić information content (AvgIpc) is 1.00. The Bertz CT molecular complexity index is 8.00. The van der Waals surface area contributed by atoms with E-state index < -0.39 is 0 Å². The molecular formula is MoOPdRe. The van der Waals surface area contributed by atoms with Crippen LogP contribution in [0.3, 0.4) is 0 Å². The van der Waals surface area contributed by atoms with Crippen molar-refractivity contribution in [2.75, 3.05) is 0 Å². The van der Waals surface area contributed by atoms with Gasteiger partial charge in [-0.15, -0.1) is 0 Å². The Morgan fingerprint density at radius 1 is 1.25 bits per heavy atom. The second kappa shape index (κ2) is 21.3. The molecule has 0 N–H and O–H groups in total. The molecule has 0 aromatic carbocycles. The molecule has 0 saturated carbocycles. The first-order chi connectivity index (χ1) is 1.00. The molecule has 0 aromatic rings. The predicted octanol–water partition coefficient (Wildman–Crippen LogP) is -0.126. The topological polar surface area (TPSA) is 17.1 Å². The minimum atomic E-state index is 0. The van der Waals surface area contributed by atoms with Crippen molar-refractivity contribution in [1.29, 1.82) is 0 Å². The van der Waals surface area contributed by atoms with E-state index in [9.17, 15) is 0 Å². The van der Waals surface area contributed by atoms with Crippen LogP contribution in [-0.4, -0.2) is 0 Å². The van der Waals surface area contributed by atoms with Gasteiger partial charge in [0.15, 0.2) is 0 Å². The summed E-state index contributed by atoms with van der Waals surface area (Å²) >= 11 is 0.700. The maximum Gasteiger partial charge on any atom is 0 e. The van der Waals surface area contributed by atoms with E-state index in [4.69, 9.17) is 3.40 Å². The summed E-state index contributed by atoms with van der Waals surface area (Å²) in [6.45, 7) is 0. The SMILES string of the molecule is [O]=[Mo].[Pd].[Re]. The molecule has 0 spiro atoms. The molecular weight excluding hydrogens is 405 g/mol. The third-order valence-corrected chi connectivity index (χ3v) is 0. The minimum absolute atomic E-state index is 0. The zero-order chi connectivity index (χ0) is 2.00. The normalized spacial score (nSPS) is 1.00. The maximum atomic E-state index is 8.26. The first-order valence-corrected chi connectivity index (χ1v) is 0.986. The Morgan fingerprint density at radius 2 is 1.25 bits per heavy atom. The second-order valence-corrected chi connectivity index (χ2v) is 0. The molecule has 0 amide bonds. The molecule has 1 radical (unpaired) electrons. The van der Waals surface area contributed by atoms with Crippen LogP contribution >= 0.6 is 0 Å². The fraction of sp³-hybridized carbons (Fsp3) is 0. The number of rotatable bonds is 0. The molecule has 0 saturated heterocycles. The molecule has 0 aliphatic rings. The number of hydrogen-bond acceptors (Lipinski definition) is 1. The minimum Gasteiger partial charge on any atom is 0 e. The van der Waals surface area contributed by atoms with E-state index in [1.807, 2.05) is 0 Å². The Kier molecular flexibility index (Phi) is 90.6. The molecule has 0 heterocycles. The van der Waals surface area contributed by atoms with E-state index in [1.165, 1.54) is 0 Å². The van der Waals surface area contributed by atoms with Crippen LogP contribution < -0.4 is 0 Å². The monoisotopic (exact) mass is 407 g/mol. The zero-order valence-corrected chi connectivity index (χ0v) is 7.79. The first kappa shape index (κ1) is 17.0. The van der Waals surface area contributed by atoms with Crippen LogP contribution in [0.2, 0.25) is 0 Å². The van der Waals surface area contributed by atoms with Crippen molar-refractivity contribution >= 4 is 0 Å². The third-order valence-electron chi connectivity index (χ3n) is 0. The zero-order valence-electron chi connectivity index (χ0n) is 1.51. The van der Waals surface area contributed by atoms with E-state index in [1.54, 1.807) is 0 Å². The largest absolute Gasteiger partial charge is 0 e. The van der Waals surface area contributed by atoms with Gasteiger partial charge < -0.3 is 0 Å². The molecule has 1 nitrogen and oxygen atoms in total. The van der Waals surface area contributed by atoms with Crippen LogP contribution in [-0.2, 0) is 64.0 Å². The summed E-state index contributed by atoms with van der Waals surface area (Å²) in [6, 6.07) is 0. The van der Waals surface area contributed by atoms with Gasteiger partial charge in [-0.1, -0.05) is 0 Å². The number of hydrogen-bond donors (Lipinski definition) is 0. The molecule has 0 rings (SSSR count). The van der Waals surface area contributed by atoms with Crippen molar-refractivity contribution in [2.24, 2.45) is 0 Å². The quantitative estimate of drug-likeness (QED) is 0.515. The fourth-order valence-electron chi connectivity index (χ4n) is 0. The van der Waals surface area contributed by atoms with Crippen LogP contribution in [0, 0.1) is 0 Å². The standard InChI is InChI=1S/Mo.O.Pd.Re. The van der Waals surface area contributed by atoms with E-state index in [2.05, 4.69) is 0 Å². The van der Waals surface area contributed by atoms with E-state index >= 15 is 0 Å². The van der Waals surface area contributed by atoms with Crippen molar-refractivity contribution in [2.45, 2.75) is 0 Å². The maximum absolute atomic E-state index is 8.26. The molecule has 4 heavy (non-hydrogen) atoms. The summed E-state index contributed by atoms with van der Waals surface area (Å²) in [4.78, 5) is 0. The molecule has 0 atom stereocenters. The van der Waals surface area contributed by atoms with Gasteiger partial charge in [-0.05, 0) is 0 Å². The molecule has 0 bridgehead atoms. The van der Waals surface area contributed by atoms with Crippen molar-refractivity contribution < 1.29 is 64.0 Å².